The van der Waals surface area contributed by atoms with E-state index in [9.17, 15) is 8.42 Å². The molecule has 1 aliphatic rings. The predicted molar refractivity (Wildman–Crippen MR) is 82.9 cm³/mol. The standard InChI is InChI=1S/C15H24N2O3S/c1-15(7-4-8-15)11-17-21(18,19)13-5-6-14(20-3)12(9-13)10-16-2/h5-6,9,16-17H,4,7-8,10-11H2,1-3H3. The first-order chi connectivity index (χ1) is 9.90. The molecule has 0 bridgehead atoms. The van der Waals surface area contributed by atoms with Crippen molar-refractivity contribution in [1.29, 1.82) is 0 Å². The fraction of sp³-hybridized carbons (Fsp3) is 0.600. The third-order valence-corrected chi connectivity index (χ3v) is 5.58. The van der Waals surface area contributed by atoms with Crippen molar-refractivity contribution in [1.82, 2.24) is 10.0 Å². The number of hydrogen-bond donors (Lipinski definition) is 2. The summed E-state index contributed by atoms with van der Waals surface area (Å²) in [6.07, 6.45) is 3.36. The largest absolute Gasteiger partial charge is 0.496 e. The minimum Gasteiger partial charge on any atom is -0.496 e. The quantitative estimate of drug-likeness (QED) is 0.807. The molecule has 0 radical (unpaired) electrons. The van der Waals surface area contributed by atoms with Gasteiger partial charge >= 0.3 is 0 Å². The van der Waals surface area contributed by atoms with Crippen molar-refractivity contribution >= 4 is 10.0 Å². The molecule has 0 saturated heterocycles. The SMILES string of the molecule is CNCc1cc(S(=O)(=O)NCC2(C)CCC2)ccc1OC. The second-order valence-electron chi connectivity index (χ2n) is 5.99. The lowest BCUT2D eigenvalue weighted by Crippen LogP contribution is -2.39. The monoisotopic (exact) mass is 312 g/mol. The number of hydrogen-bond acceptors (Lipinski definition) is 4. The molecular formula is C15H24N2O3S. The molecule has 118 valence electrons. The van der Waals surface area contributed by atoms with Crippen LogP contribution in [0.25, 0.3) is 0 Å². The van der Waals surface area contributed by atoms with E-state index in [1.54, 1.807) is 25.3 Å². The van der Waals surface area contributed by atoms with Gasteiger partial charge in [0.2, 0.25) is 10.0 Å². The van der Waals surface area contributed by atoms with Crippen LogP contribution in [0.4, 0.5) is 0 Å². The maximum Gasteiger partial charge on any atom is 0.240 e. The van der Waals surface area contributed by atoms with E-state index in [1.807, 2.05) is 7.05 Å². The van der Waals surface area contributed by atoms with E-state index in [4.69, 9.17) is 4.74 Å². The Labute approximate surface area is 127 Å². The summed E-state index contributed by atoms with van der Waals surface area (Å²) < 4.78 is 32.8. The molecule has 1 aromatic rings. The van der Waals surface area contributed by atoms with Crippen LogP contribution in [-0.4, -0.2) is 29.1 Å². The van der Waals surface area contributed by atoms with Gasteiger partial charge in [-0.25, -0.2) is 13.1 Å². The minimum absolute atomic E-state index is 0.118. The average molecular weight is 312 g/mol. The van der Waals surface area contributed by atoms with E-state index in [0.717, 1.165) is 18.4 Å². The molecule has 0 aromatic heterocycles. The number of methoxy groups -OCH3 is 1. The number of nitrogens with one attached hydrogen (secondary N) is 2. The summed E-state index contributed by atoms with van der Waals surface area (Å²) >= 11 is 0. The summed E-state index contributed by atoms with van der Waals surface area (Å²) in [6, 6.07) is 4.95. The van der Waals surface area contributed by atoms with Gasteiger partial charge in [-0.3, -0.25) is 0 Å². The summed E-state index contributed by atoms with van der Waals surface area (Å²) in [5.41, 5.74) is 0.950. The maximum absolute atomic E-state index is 12.4. The van der Waals surface area contributed by atoms with E-state index in [0.29, 0.717) is 18.8 Å². The van der Waals surface area contributed by atoms with Crippen LogP contribution >= 0.6 is 0 Å². The number of ether oxygens (including phenoxy) is 1. The lowest BCUT2D eigenvalue weighted by molar-refractivity contribution is 0.166. The Hall–Kier alpha value is -1.11. The van der Waals surface area contributed by atoms with E-state index < -0.39 is 10.0 Å². The molecular weight excluding hydrogens is 288 g/mol. The van der Waals surface area contributed by atoms with Crippen molar-refractivity contribution < 1.29 is 13.2 Å². The van der Waals surface area contributed by atoms with Crippen LogP contribution in [-0.2, 0) is 16.6 Å². The molecule has 1 saturated carbocycles. The zero-order chi connectivity index (χ0) is 15.5. The van der Waals surface area contributed by atoms with Crippen molar-refractivity contribution in [3.63, 3.8) is 0 Å². The molecule has 6 heteroatoms. The van der Waals surface area contributed by atoms with Crippen molar-refractivity contribution in [3.05, 3.63) is 23.8 Å². The van der Waals surface area contributed by atoms with E-state index in [2.05, 4.69) is 17.0 Å². The highest BCUT2D eigenvalue weighted by Crippen LogP contribution is 2.39. The first kappa shape index (κ1) is 16.3. The van der Waals surface area contributed by atoms with E-state index in [-0.39, 0.29) is 10.3 Å². The summed E-state index contributed by atoms with van der Waals surface area (Å²) in [6.45, 7) is 3.19. The Balaban J connectivity index is 2.17. The first-order valence-electron chi connectivity index (χ1n) is 7.21. The smallest absolute Gasteiger partial charge is 0.240 e. The van der Waals surface area contributed by atoms with Gasteiger partial charge in [-0.1, -0.05) is 13.3 Å². The van der Waals surface area contributed by atoms with Crippen LogP contribution in [0, 0.1) is 5.41 Å². The normalized spacial score (nSPS) is 17.3. The van der Waals surface area contributed by atoms with Crippen molar-refractivity contribution in [2.24, 2.45) is 5.41 Å². The predicted octanol–water partition coefficient (Wildman–Crippen LogP) is 1.88. The zero-order valence-electron chi connectivity index (χ0n) is 12.9. The van der Waals surface area contributed by atoms with Gasteiger partial charge in [0.1, 0.15) is 5.75 Å². The first-order valence-corrected chi connectivity index (χ1v) is 8.70. The highest BCUT2D eigenvalue weighted by Gasteiger charge is 2.33. The molecule has 2 N–H and O–H groups in total. The second-order valence-corrected chi connectivity index (χ2v) is 7.76. The summed E-state index contributed by atoms with van der Waals surface area (Å²) in [5, 5.41) is 3.02. The van der Waals surface area contributed by atoms with Crippen molar-refractivity contribution in [2.45, 2.75) is 37.6 Å². The molecule has 0 spiro atoms. The van der Waals surface area contributed by atoms with Gasteiger partial charge < -0.3 is 10.1 Å². The zero-order valence-corrected chi connectivity index (χ0v) is 13.7. The van der Waals surface area contributed by atoms with E-state index >= 15 is 0 Å². The van der Waals surface area contributed by atoms with Crippen LogP contribution in [0.15, 0.2) is 23.1 Å². The fourth-order valence-electron chi connectivity index (χ4n) is 2.56. The maximum atomic E-state index is 12.4. The molecule has 0 unspecified atom stereocenters. The summed E-state index contributed by atoms with van der Waals surface area (Å²) in [5.74, 6) is 0.689. The Morgan fingerprint density at radius 3 is 2.57 bits per heavy atom. The Kier molecular flexibility index (Phi) is 4.91. The third kappa shape index (κ3) is 3.75. The van der Waals surface area contributed by atoms with Crippen molar-refractivity contribution in [2.75, 3.05) is 20.7 Å². The molecule has 0 aliphatic heterocycles. The number of sulfonamides is 1. The van der Waals surface area contributed by atoms with Gasteiger partial charge in [0.05, 0.1) is 12.0 Å². The molecule has 0 atom stereocenters. The lowest BCUT2D eigenvalue weighted by Gasteiger charge is -2.38. The van der Waals surface area contributed by atoms with Gasteiger partial charge in [-0.2, -0.15) is 0 Å². The lowest BCUT2D eigenvalue weighted by atomic mass is 9.71. The topological polar surface area (TPSA) is 67.4 Å². The molecule has 1 aromatic carbocycles. The molecule has 1 fully saturated rings. The third-order valence-electron chi connectivity index (χ3n) is 4.18. The molecule has 2 rings (SSSR count). The molecule has 0 heterocycles. The van der Waals surface area contributed by atoms with Crippen LogP contribution in [0.3, 0.4) is 0 Å². The molecule has 5 nitrogen and oxygen atoms in total. The van der Waals surface area contributed by atoms with Gasteiger partial charge in [0.15, 0.2) is 0 Å². The van der Waals surface area contributed by atoms with Crippen molar-refractivity contribution in [3.8, 4) is 5.75 Å². The van der Waals surface area contributed by atoms with E-state index in [1.165, 1.54) is 6.42 Å². The van der Waals surface area contributed by atoms with Crippen LogP contribution < -0.4 is 14.8 Å². The highest BCUT2D eigenvalue weighted by molar-refractivity contribution is 7.89. The van der Waals surface area contributed by atoms with Crippen LogP contribution in [0.1, 0.15) is 31.7 Å². The van der Waals surface area contributed by atoms with Gasteiger partial charge in [0, 0.05) is 18.7 Å². The highest BCUT2D eigenvalue weighted by atomic mass is 32.2. The fourth-order valence-corrected chi connectivity index (χ4v) is 3.81. The van der Waals surface area contributed by atoms with Gasteiger partial charge in [-0.05, 0) is 43.5 Å². The summed E-state index contributed by atoms with van der Waals surface area (Å²) in [4.78, 5) is 0.288. The Bertz CT molecular complexity index is 595. The van der Waals surface area contributed by atoms with Crippen LogP contribution in [0.2, 0.25) is 0 Å². The van der Waals surface area contributed by atoms with Gasteiger partial charge in [0.25, 0.3) is 0 Å². The molecule has 1 aliphatic carbocycles. The average Bonchev–Trinajstić information content (AvgIpc) is 2.43. The Morgan fingerprint density at radius 1 is 1.33 bits per heavy atom. The molecule has 0 amide bonds. The number of benzene rings is 1. The minimum atomic E-state index is -3.47. The number of rotatable bonds is 7. The van der Waals surface area contributed by atoms with Crippen LogP contribution in [0.5, 0.6) is 5.75 Å². The second kappa shape index (κ2) is 6.34. The Morgan fingerprint density at radius 2 is 2.05 bits per heavy atom. The van der Waals surface area contributed by atoms with Gasteiger partial charge in [-0.15, -0.1) is 0 Å². The summed E-state index contributed by atoms with van der Waals surface area (Å²) in [7, 11) is -0.0713. The molecule has 21 heavy (non-hydrogen) atoms.